The molecule has 8 heteroatoms. The minimum absolute atomic E-state index is 0.143. The van der Waals surface area contributed by atoms with Crippen LogP contribution in [0.2, 0.25) is 10.0 Å². The first-order chi connectivity index (χ1) is 12.5. The summed E-state index contributed by atoms with van der Waals surface area (Å²) in [5, 5.41) is 1.32. The molecule has 134 valence electrons. The molecule has 0 atom stereocenters. The average Bonchev–Trinajstić information content (AvgIpc) is 3.00. The van der Waals surface area contributed by atoms with Gasteiger partial charge in [0, 0.05) is 9.90 Å². The van der Waals surface area contributed by atoms with Crippen LogP contribution in [0.25, 0.3) is 10.2 Å². The van der Waals surface area contributed by atoms with Crippen molar-refractivity contribution in [1.82, 2.24) is 9.97 Å². The average molecular weight is 409 g/mol. The lowest BCUT2D eigenvalue weighted by atomic mass is 9.97. The highest BCUT2D eigenvalue weighted by Gasteiger charge is 2.20. The highest BCUT2D eigenvalue weighted by atomic mass is 35.5. The molecule has 1 aromatic carbocycles. The quantitative estimate of drug-likeness (QED) is 0.646. The van der Waals surface area contributed by atoms with Crippen molar-refractivity contribution >= 4 is 50.7 Å². The highest BCUT2D eigenvalue weighted by molar-refractivity contribution is 7.18. The third kappa shape index (κ3) is 3.24. The second kappa shape index (κ2) is 7.02. The summed E-state index contributed by atoms with van der Waals surface area (Å²) in [5.74, 6) is -0.307. The maximum atomic E-state index is 12.5. The Labute approximate surface area is 162 Å². The number of aromatic nitrogens is 2. The molecule has 26 heavy (non-hydrogen) atoms. The van der Waals surface area contributed by atoms with Gasteiger partial charge in [-0.15, -0.1) is 11.3 Å². The molecule has 4 rings (SSSR count). The Morgan fingerprint density at radius 2 is 2.08 bits per heavy atom. The number of thiophene rings is 1. The van der Waals surface area contributed by atoms with Crippen molar-refractivity contribution in [3.63, 3.8) is 0 Å². The first-order valence-corrected chi connectivity index (χ1v) is 9.76. The standard InChI is InChI=1S/C18H14Cl2N2O3S/c19-9-5-6-12(20)11(7-9)18(24)25-8-14-21-16(23)15-10-3-1-2-4-13(10)26-17(15)22-14/h5-7H,1-4,8H2,(H,21,22,23). The van der Waals surface area contributed by atoms with E-state index >= 15 is 0 Å². The zero-order valence-corrected chi connectivity index (χ0v) is 15.9. The summed E-state index contributed by atoms with van der Waals surface area (Å²) in [6, 6.07) is 4.56. The van der Waals surface area contributed by atoms with Crippen LogP contribution in [0.4, 0.5) is 0 Å². The van der Waals surface area contributed by atoms with Gasteiger partial charge < -0.3 is 9.72 Å². The first-order valence-electron chi connectivity index (χ1n) is 8.18. The number of benzene rings is 1. The molecule has 0 saturated carbocycles. The van der Waals surface area contributed by atoms with Gasteiger partial charge in [-0.25, -0.2) is 9.78 Å². The summed E-state index contributed by atoms with van der Waals surface area (Å²) in [6.45, 7) is -0.143. The number of hydrogen-bond acceptors (Lipinski definition) is 5. The lowest BCUT2D eigenvalue weighted by Gasteiger charge is -2.09. The number of esters is 1. The zero-order chi connectivity index (χ0) is 18.3. The van der Waals surface area contributed by atoms with E-state index in [0.29, 0.717) is 21.1 Å². The molecule has 0 unspecified atom stereocenters. The van der Waals surface area contributed by atoms with Crippen LogP contribution in [-0.4, -0.2) is 15.9 Å². The molecule has 1 N–H and O–H groups in total. The monoisotopic (exact) mass is 408 g/mol. The predicted octanol–water partition coefficient (Wildman–Crippen LogP) is 4.53. The summed E-state index contributed by atoms with van der Waals surface area (Å²) in [5.41, 5.74) is 1.12. The number of rotatable bonds is 3. The lowest BCUT2D eigenvalue weighted by Crippen LogP contribution is -2.15. The summed E-state index contributed by atoms with van der Waals surface area (Å²) in [7, 11) is 0. The second-order valence-electron chi connectivity index (χ2n) is 6.10. The minimum atomic E-state index is -0.620. The number of aryl methyl sites for hydroxylation is 2. The van der Waals surface area contributed by atoms with Crippen LogP contribution < -0.4 is 5.56 Å². The Kier molecular flexibility index (Phi) is 4.73. The Hall–Kier alpha value is -1.89. The number of halogens is 2. The summed E-state index contributed by atoms with van der Waals surface area (Å²) in [6.07, 6.45) is 4.15. The Bertz CT molecular complexity index is 1070. The molecule has 0 spiro atoms. The van der Waals surface area contributed by atoms with E-state index in [4.69, 9.17) is 27.9 Å². The van der Waals surface area contributed by atoms with Gasteiger partial charge >= 0.3 is 5.97 Å². The van der Waals surface area contributed by atoms with E-state index in [1.54, 1.807) is 17.4 Å². The molecule has 2 heterocycles. The molecule has 3 aromatic rings. The number of carbonyl (C=O) groups is 1. The van der Waals surface area contributed by atoms with Crippen molar-refractivity contribution in [2.45, 2.75) is 32.3 Å². The Morgan fingerprint density at radius 3 is 2.92 bits per heavy atom. The number of nitrogens with zero attached hydrogens (tertiary/aromatic N) is 1. The van der Waals surface area contributed by atoms with E-state index < -0.39 is 5.97 Å². The van der Waals surface area contributed by atoms with Gasteiger partial charge in [0.05, 0.1) is 16.0 Å². The van der Waals surface area contributed by atoms with Crippen LogP contribution in [0.1, 0.15) is 39.5 Å². The summed E-state index contributed by atoms with van der Waals surface area (Å²) >= 11 is 13.4. The Morgan fingerprint density at radius 1 is 1.27 bits per heavy atom. The molecule has 1 aliphatic rings. The third-order valence-electron chi connectivity index (χ3n) is 4.36. The number of ether oxygens (including phenoxy) is 1. The normalized spacial score (nSPS) is 13.6. The molecule has 0 bridgehead atoms. The van der Waals surface area contributed by atoms with Crippen molar-refractivity contribution in [3.8, 4) is 0 Å². The van der Waals surface area contributed by atoms with Crippen molar-refractivity contribution < 1.29 is 9.53 Å². The van der Waals surface area contributed by atoms with Crippen LogP contribution in [-0.2, 0) is 24.2 Å². The summed E-state index contributed by atoms with van der Waals surface area (Å²) in [4.78, 5) is 33.8. The Balaban J connectivity index is 1.59. The van der Waals surface area contributed by atoms with Crippen molar-refractivity contribution in [2.24, 2.45) is 0 Å². The van der Waals surface area contributed by atoms with E-state index in [2.05, 4.69) is 9.97 Å². The van der Waals surface area contributed by atoms with Gasteiger partial charge in [0.2, 0.25) is 0 Å². The van der Waals surface area contributed by atoms with Crippen LogP contribution >= 0.6 is 34.5 Å². The molecule has 0 radical (unpaired) electrons. The van der Waals surface area contributed by atoms with Crippen molar-refractivity contribution in [2.75, 3.05) is 0 Å². The summed E-state index contributed by atoms with van der Waals surface area (Å²) < 4.78 is 5.25. The highest BCUT2D eigenvalue weighted by Crippen LogP contribution is 2.33. The lowest BCUT2D eigenvalue weighted by molar-refractivity contribution is 0.0462. The second-order valence-corrected chi connectivity index (χ2v) is 8.03. The molecule has 1 aliphatic carbocycles. The number of fused-ring (bicyclic) bond motifs is 3. The van der Waals surface area contributed by atoms with Gasteiger partial charge in [0.15, 0.2) is 0 Å². The van der Waals surface area contributed by atoms with Crippen LogP contribution in [0.5, 0.6) is 0 Å². The van der Waals surface area contributed by atoms with Gasteiger partial charge in [0.1, 0.15) is 17.3 Å². The van der Waals surface area contributed by atoms with Crippen LogP contribution in [0, 0.1) is 0 Å². The third-order valence-corrected chi connectivity index (χ3v) is 6.11. The van der Waals surface area contributed by atoms with E-state index in [1.165, 1.54) is 17.0 Å². The molecular formula is C18H14Cl2N2O3S. The number of hydrogen-bond donors (Lipinski definition) is 1. The molecule has 0 fully saturated rings. The van der Waals surface area contributed by atoms with E-state index in [-0.39, 0.29) is 22.8 Å². The zero-order valence-electron chi connectivity index (χ0n) is 13.6. The SMILES string of the molecule is O=C(OCc1nc2sc3c(c2c(=O)[nH]1)CCCC3)c1cc(Cl)ccc1Cl. The van der Waals surface area contributed by atoms with E-state index in [1.807, 2.05) is 0 Å². The van der Waals surface area contributed by atoms with E-state index in [0.717, 1.165) is 31.2 Å². The van der Waals surface area contributed by atoms with Crippen molar-refractivity contribution in [3.05, 3.63) is 60.4 Å². The van der Waals surface area contributed by atoms with E-state index in [9.17, 15) is 9.59 Å². The smallest absolute Gasteiger partial charge is 0.340 e. The number of carbonyl (C=O) groups excluding carboxylic acids is 1. The van der Waals surface area contributed by atoms with Gasteiger partial charge in [-0.1, -0.05) is 23.2 Å². The molecule has 0 saturated heterocycles. The largest absolute Gasteiger partial charge is 0.454 e. The maximum absolute atomic E-state index is 12.5. The fraction of sp³-hybridized carbons (Fsp3) is 0.278. The van der Waals surface area contributed by atoms with Gasteiger partial charge in [-0.3, -0.25) is 4.79 Å². The first kappa shape index (κ1) is 17.5. The molecule has 0 aliphatic heterocycles. The fourth-order valence-electron chi connectivity index (χ4n) is 3.14. The number of H-pyrrole nitrogens is 1. The van der Waals surface area contributed by atoms with Gasteiger partial charge in [-0.2, -0.15) is 0 Å². The van der Waals surface area contributed by atoms with Gasteiger partial charge in [-0.05, 0) is 49.4 Å². The maximum Gasteiger partial charge on any atom is 0.340 e. The minimum Gasteiger partial charge on any atom is -0.454 e. The topological polar surface area (TPSA) is 72.0 Å². The van der Waals surface area contributed by atoms with Crippen LogP contribution in [0.15, 0.2) is 23.0 Å². The van der Waals surface area contributed by atoms with Crippen LogP contribution in [0.3, 0.4) is 0 Å². The van der Waals surface area contributed by atoms with Gasteiger partial charge in [0.25, 0.3) is 5.56 Å². The molecule has 5 nitrogen and oxygen atoms in total. The predicted molar refractivity (Wildman–Crippen MR) is 102 cm³/mol. The number of nitrogens with one attached hydrogen (secondary N) is 1. The number of aromatic amines is 1. The fourth-order valence-corrected chi connectivity index (χ4v) is 4.79. The van der Waals surface area contributed by atoms with Crippen molar-refractivity contribution in [1.29, 1.82) is 0 Å². The molecule has 0 amide bonds. The molecule has 2 aromatic heterocycles. The molecular weight excluding hydrogens is 395 g/mol.